The lowest BCUT2D eigenvalue weighted by Gasteiger charge is -2.20. The Balaban J connectivity index is 1.95. The number of hydrogen-bond acceptors (Lipinski definition) is 5. The van der Waals surface area contributed by atoms with Gasteiger partial charge in [0.1, 0.15) is 11.8 Å². The number of halogens is 3. The predicted molar refractivity (Wildman–Crippen MR) is 112 cm³/mol. The largest absolute Gasteiger partial charge is 0.493 e. The van der Waals surface area contributed by atoms with Crippen molar-refractivity contribution in [3.63, 3.8) is 0 Å². The normalized spacial score (nSPS) is 12.5. The fraction of sp³-hybridized carbons (Fsp3) is 0.190. The molecule has 0 aliphatic carbocycles. The first kappa shape index (κ1) is 21.0. The highest BCUT2D eigenvalue weighted by atomic mass is 35.5. The third-order valence-corrected chi connectivity index (χ3v) is 4.69. The second-order valence-electron chi connectivity index (χ2n) is 6.02. The Hall–Kier alpha value is -2.70. The molecule has 5 nitrogen and oxygen atoms in total. The molecule has 1 unspecified atom stereocenters. The summed E-state index contributed by atoms with van der Waals surface area (Å²) < 4.78 is 26.3. The van der Waals surface area contributed by atoms with Gasteiger partial charge in [-0.1, -0.05) is 36.2 Å². The number of ether oxygens (including phenoxy) is 2. The number of methoxy groups -OCH3 is 1. The van der Waals surface area contributed by atoms with Crippen LogP contribution in [0.3, 0.4) is 0 Å². The van der Waals surface area contributed by atoms with Crippen LogP contribution in [0.1, 0.15) is 30.6 Å². The maximum atomic E-state index is 14.8. The molecule has 0 bridgehead atoms. The number of aliphatic imine (C=N–C) groups is 1. The van der Waals surface area contributed by atoms with Gasteiger partial charge in [0.25, 0.3) is 0 Å². The number of nitrogens with zero attached hydrogens (tertiary/aromatic N) is 3. The van der Waals surface area contributed by atoms with E-state index in [1.807, 2.05) is 19.1 Å². The van der Waals surface area contributed by atoms with Gasteiger partial charge in [-0.2, -0.15) is 4.39 Å². The Labute approximate surface area is 178 Å². The van der Waals surface area contributed by atoms with E-state index in [0.717, 1.165) is 5.56 Å². The molecule has 8 heteroatoms. The first-order chi connectivity index (χ1) is 14.0. The third kappa shape index (κ3) is 5.02. The molecule has 0 aliphatic heterocycles. The Morgan fingerprint density at radius 3 is 2.48 bits per heavy atom. The lowest BCUT2D eigenvalue weighted by molar-refractivity contribution is 0.192. The summed E-state index contributed by atoms with van der Waals surface area (Å²) in [5.74, 6) is 0.101. The summed E-state index contributed by atoms with van der Waals surface area (Å²) in [5, 5.41) is 0.306. The van der Waals surface area contributed by atoms with Crippen molar-refractivity contribution in [1.29, 1.82) is 0 Å². The highest BCUT2D eigenvalue weighted by molar-refractivity contribution is 6.38. The SMILES string of the molecule is CCC(Oc1cc(C(F)=Nc2c(Cl)cncc2Cl)ccc1OC)c1cccnc1. The Bertz CT molecular complexity index is 996. The van der Waals surface area contributed by atoms with Crippen LogP contribution in [0.25, 0.3) is 0 Å². The topological polar surface area (TPSA) is 56.6 Å². The van der Waals surface area contributed by atoms with Crippen LogP contribution in [-0.4, -0.2) is 23.0 Å². The maximum absolute atomic E-state index is 14.8. The van der Waals surface area contributed by atoms with Crippen LogP contribution in [-0.2, 0) is 0 Å². The van der Waals surface area contributed by atoms with E-state index in [9.17, 15) is 4.39 Å². The second-order valence-corrected chi connectivity index (χ2v) is 6.84. The van der Waals surface area contributed by atoms with Crippen LogP contribution in [0, 0.1) is 0 Å². The van der Waals surface area contributed by atoms with E-state index >= 15 is 0 Å². The monoisotopic (exact) mass is 433 g/mol. The van der Waals surface area contributed by atoms with Gasteiger partial charge in [0.15, 0.2) is 11.5 Å². The lowest BCUT2D eigenvalue weighted by atomic mass is 10.1. The Kier molecular flexibility index (Phi) is 7.01. The zero-order valence-electron chi connectivity index (χ0n) is 15.8. The first-order valence-corrected chi connectivity index (χ1v) is 9.57. The molecule has 0 amide bonds. The molecule has 0 spiro atoms. The van der Waals surface area contributed by atoms with E-state index in [0.29, 0.717) is 17.9 Å². The smallest absolute Gasteiger partial charge is 0.220 e. The molecular formula is C21H18Cl2FN3O2. The molecule has 0 saturated heterocycles. The molecule has 2 heterocycles. The van der Waals surface area contributed by atoms with Crippen LogP contribution >= 0.6 is 23.2 Å². The van der Waals surface area contributed by atoms with Crippen LogP contribution < -0.4 is 9.47 Å². The molecule has 2 aromatic heterocycles. The maximum Gasteiger partial charge on any atom is 0.220 e. The molecule has 0 N–H and O–H groups in total. The number of pyridine rings is 2. The second kappa shape index (κ2) is 9.67. The van der Waals surface area contributed by atoms with E-state index in [-0.39, 0.29) is 27.4 Å². The zero-order chi connectivity index (χ0) is 20.8. The minimum Gasteiger partial charge on any atom is -0.493 e. The standard InChI is InChI=1S/C21H18Cl2FN3O2/c1-3-17(14-5-4-8-25-10-14)29-19-9-13(6-7-18(19)28-2)21(24)27-20-15(22)11-26-12-16(20)23/h4-12,17H,3H2,1-2H3. The highest BCUT2D eigenvalue weighted by Crippen LogP contribution is 2.35. The van der Waals surface area contributed by atoms with Crippen molar-refractivity contribution in [2.75, 3.05) is 7.11 Å². The minimum atomic E-state index is -0.762. The summed E-state index contributed by atoms with van der Waals surface area (Å²) in [7, 11) is 1.52. The van der Waals surface area contributed by atoms with E-state index < -0.39 is 5.97 Å². The van der Waals surface area contributed by atoms with Gasteiger partial charge < -0.3 is 9.47 Å². The average molecular weight is 434 g/mol. The van der Waals surface area contributed by atoms with Gasteiger partial charge in [-0.15, -0.1) is 0 Å². The van der Waals surface area contributed by atoms with Crippen molar-refractivity contribution in [3.05, 3.63) is 76.3 Å². The van der Waals surface area contributed by atoms with E-state index in [4.69, 9.17) is 32.7 Å². The number of hydrogen-bond donors (Lipinski definition) is 0. The summed E-state index contributed by atoms with van der Waals surface area (Å²) in [4.78, 5) is 11.9. The molecule has 0 aliphatic rings. The number of benzene rings is 1. The van der Waals surface area contributed by atoms with Crippen LogP contribution in [0.5, 0.6) is 11.5 Å². The zero-order valence-corrected chi connectivity index (χ0v) is 17.3. The van der Waals surface area contributed by atoms with Gasteiger partial charge in [-0.25, -0.2) is 4.99 Å². The third-order valence-electron chi connectivity index (χ3n) is 4.14. The highest BCUT2D eigenvalue weighted by Gasteiger charge is 2.17. The number of aromatic nitrogens is 2. The van der Waals surface area contributed by atoms with Gasteiger partial charge >= 0.3 is 0 Å². The van der Waals surface area contributed by atoms with Crippen molar-refractivity contribution in [2.24, 2.45) is 4.99 Å². The summed E-state index contributed by atoms with van der Waals surface area (Å²) in [5.41, 5.74) is 1.22. The molecule has 0 radical (unpaired) electrons. The van der Waals surface area contributed by atoms with Crippen molar-refractivity contribution in [2.45, 2.75) is 19.4 Å². The molecule has 150 valence electrons. The van der Waals surface area contributed by atoms with Crippen molar-refractivity contribution in [3.8, 4) is 11.5 Å². The van der Waals surface area contributed by atoms with E-state index in [1.165, 1.54) is 25.6 Å². The van der Waals surface area contributed by atoms with Crippen LogP contribution in [0.4, 0.5) is 10.1 Å². The van der Waals surface area contributed by atoms with E-state index in [2.05, 4.69) is 15.0 Å². The summed E-state index contributed by atoms with van der Waals surface area (Å²) >= 11 is 12.0. The van der Waals surface area contributed by atoms with E-state index in [1.54, 1.807) is 24.5 Å². The molecular weight excluding hydrogens is 416 g/mol. The molecule has 0 saturated carbocycles. The van der Waals surface area contributed by atoms with Gasteiger partial charge in [0.2, 0.25) is 5.97 Å². The van der Waals surface area contributed by atoms with Crippen molar-refractivity contribution < 1.29 is 13.9 Å². The van der Waals surface area contributed by atoms with Crippen LogP contribution in [0.2, 0.25) is 10.0 Å². The molecule has 0 fully saturated rings. The molecule has 3 aromatic rings. The van der Waals surface area contributed by atoms with Crippen LogP contribution in [0.15, 0.2) is 60.1 Å². The van der Waals surface area contributed by atoms with Gasteiger partial charge in [0.05, 0.1) is 17.2 Å². The predicted octanol–water partition coefficient (Wildman–Crippen LogP) is 6.37. The minimum absolute atomic E-state index is 0.112. The number of rotatable bonds is 7. The fourth-order valence-electron chi connectivity index (χ4n) is 2.68. The average Bonchev–Trinajstić information content (AvgIpc) is 2.75. The van der Waals surface area contributed by atoms with Crippen molar-refractivity contribution >= 4 is 34.9 Å². The first-order valence-electron chi connectivity index (χ1n) is 8.81. The lowest BCUT2D eigenvalue weighted by Crippen LogP contribution is -2.08. The van der Waals surface area contributed by atoms with Gasteiger partial charge in [-0.05, 0) is 30.7 Å². The summed E-state index contributed by atoms with van der Waals surface area (Å²) in [6, 6.07) is 8.44. The molecule has 29 heavy (non-hydrogen) atoms. The summed E-state index contributed by atoms with van der Waals surface area (Å²) in [6.07, 6.45) is 6.55. The van der Waals surface area contributed by atoms with Gasteiger partial charge in [-0.3, -0.25) is 9.97 Å². The van der Waals surface area contributed by atoms with Crippen molar-refractivity contribution in [1.82, 2.24) is 9.97 Å². The Morgan fingerprint density at radius 2 is 1.86 bits per heavy atom. The Morgan fingerprint density at radius 1 is 1.10 bits per heavy atom. The quantitative estimate of drug-likeness (QED) is 0.406. The molecule has 3 rings (SSSR count). The summed E-state index contributed by atoms with van der Waals surface area (Å²) in [6.45, 7) is 1.99. The van der Waals surface area contributed by atoms with Gasteiger partial charge in [0, 0.05) is 35.9 Å². The molecule has 1 atom stereocenters. The fourth-order valence-corrected chi connectivity index (χ4v) is 3.13. The molecule has 1 aromatic carbocycles.